The topological polar surface area (TPSA) is 86.7 Å². The fourth-order valence-electron chi connectivity index (χ4n) is 4.65. The van der Waals surface area contributed by atoms with Gasteiger partial charge >= 0.3 is 6.09 Å². The van der Waals surface area contributed by atoms with Gasteiger partial charge in [0, 0.05) is 12.8 Å². The fraction of sp³-hybridized carbons (Fsp3) is 0.458. The predicted octanol–water partition coefficient (Wildman–Crippen LogP) is 3.10. The van der Waals surface area contributed by atoms with Crippen molar-refractivity contribution in [3.8, 4) is 17.2 Å². The van der Waals surface area contributed by atoms with Crippen LogP contribution >= 0.6 is 0 Å². The van der Waals surface area contributed by atoms with Crippen molar-refractivity contribution in [3.63, 3.8) is 0 Å². The molecule has 2 unspecified atom stereocenters. The van der Waals surface area contributed by atoms with Crippen LogP contribution in [0.25, 0.3) is 0 Å². The van der Waals surface area contributed by atoms with Gasteiger partial charge in [0.25, 0.3) is 0 Å². The zero-order valence-electron chi connectivity index (χ0n) is 18.6. The molecule has 1 N–H and O–H groups in total. The Balaban J connectivity index is 1.55. The van der Waals surface area contributed by atoms with Crippen molar-refractivity contribution in [2.24, 2.45) is 0 Å². The molecule has 2 aromatic rings. The van der Waals surface area contributed by atoms with E-state index in [1.807, 2.05) is 30.3 Å². The second-order valence-electron chi connectivity index (χ2n) is 8.15. The van der Waals surface area contributed by atoms with Crippen LogP contribution in [0.2, 0.25) is 0 Å². The zero-order valence-corrected chi connectivity index (χ0v) is 18.6. The molecule has 2 atom stereocenters. The smallest absolute Gasteiger partial charge is 0.410 e. The first-order valence-electron chi connectivity index (χ1n) is 10.6. The highest BCUT2D eigenvalue weighted by atomic mass is 16.6. The van der Waals surface area contributed by atoms with Crippen molar-refractivity contribution in [1.82, 2.24) is 4.90 Å². The summed E-state index contributed by atoms with van der Waals surface area (Å²) in [6, 6.07) is 12.5. The van der Waals surface area contributed by atoms with Gasteiger partial charge in [-0.2, -0.15) is 0 Å². The summed E-state index contributed by atoms with van der Waals surface area (Å²) in [5.41, 5.74) is 0.400. The first kappa shape index (κ1) is 22.2. The molecule has 2 aliphatic heterocycles. The molecule has 2 fully saturated rings. The molecule has 172 valence electrons. The van der Waals surface area contributed by atoms with Crippen LogP contribution < -0.4 is 14.2 Å². The molecule has 32 heavy (non-hydrogen) atoms. The number of aliphatic hydroxyl groups is 1. The second kappa shape index (κ2) is 9.26. The molecule has 2 aliphatic rings. The maximum Gasteiger partial charge on any atom is 0.410 e. The molecule has 0 saturated carbocycles. The molecule has 1 amide bonds. The highest BCUT2D eigenvalue weighted by Crippen LogP contribution is 2.46. The Morgan fingerprint density at radius 3 is 2.16 bits per heavy atom. The number of methoxy groups -OCH3 is 3. The number of piperidine rings is 1. The Morgan fingerprint density at radius 1 is 1.03 bits per heavy atom. The second-order valence-corrected chi connectivity index (χ2v) is 8.15. The van der Waals surface area contributed by atoms with Gasteiger partial charge in [-0.3, -0.25) is 4.90 Å². The van der Waals surface area contributed by atoms with Crippen molar-refractivity contribution >= 4 is 6.09 Å². The standard InChI is InChI=1S/C24H29NO7/c1-28-20-9-17(10-21(29-2)22(20)30-3)24(27)11-18-14-31-15-19(12-24)25(18)23(26)32-13-16-7-5-4-6-8-16/h4-10,18-19,27H,11-15H2,1-3H3. The maximum absolute atomic E-state index is 12.9. The van der Waals surface area contributed by atoms with Gasteiger partial charge in [-0.25, -0.2) is 4.79 Å². The van der Waals surface area contributed by atoms with Gasteiger partial charge in [-0.1, -0.05) is 30.3 Å². The minimum atomic E-state index is -1.18. The maximum atomic E-state index is 12.9. The van der Waals surface area contributed by atoms with E-state index in [0.29, 0.717) is 48.9 Å². The summed E-state index contributed by atoms with van der Waals surface area (Å²) in [5, 5.41) is 11.7. The third-order valence-electron chi connectivity index (χ3n) is 6.17. The van der Waals surface area contributed by atoms with Crippen LogP contribution in [0, 0.1) is 0 Å². The molecule has 0 radical (unpaired) electrons. The number of rotatable bonds is 6. The lowest BCUT2D eigenvalue weighted by atomic mass is 9.77. The summed E-state index contributed by atoms with van der Waals surface area (Å²) in [6.45, 7) is 0.876. The van der Waals surface area contributed by atoms with E-state index < -0.39 is 5.60 Å². The number of nitrogens with zero attached hydrogens (tertiary/aromatic N) is 1. The van der Waals surface area contributed by atoms with Crippen LogP contribution in [-0.2, 0) is 21.7 Å². The van der Waals surface area contributed by atoms with E-state index in [1.165, 1.54) is 7.11 Å². The molecule has 2 heterocycles. The highest BCUT2D eigenvalue weighted by Gasteiger charge is 2.49. The Labute approximate surface area is 187 Å². The molecule has 0 aromatic heterocycles. The monoisotopic (exact) mass is 443 g/mol. The Bertz CT molecular complexity index is 910. The van der Waals surface area contributed by atoms with Crippen LogP contribution in [0.3, 0.4) is 0 Å². The predicted molar refractivity (Wildman–Crippen MR) is 116 cm³/mol. The summed E-state index contributed by atoms with van der Waals surface area (Å²) < 4.78 is 27.6. The number of fused-ring (bicyclic) bond motifs is 2. The fourth-order valence-corrected chi connectivity index (χ4v) is 4.65. The normalized spacial score (nSPS) is 24.6. The van der Waals surface area contributed by atoms with Gasteiger partial charge in [0.15, 0.2) is 11.5 Å². The van der Waals surface area contributed by atoms with Crippen molar-refractivity contribution in [1.29, 1.82) is 0 Å². The summed E-state index contributed by atoms with van der Waals surface area (Å²) >= 11 is 0. The van der Waals surface area contributed by atoms with Gasteiger partial charge < -0.3 is 28.8 Å². The van der Waals surface area contributed by atoms with Crippen molar-refractivity contribution < 1.29 is 33.6 Å². The summed E-state index contributed by atoms with van der Waals surface area (Å²) in [5.74, 6) is 1.41. The van der Waals surface area contributed by atoms with Gasteiger partial charge in [-0.05, 0) is 23.3 Å². The third kappa shape index (κ3) is 4.20. The van der Waals surface area contributed by atoms with Crippen molar-refractivity contribution in [2.45, 2.75) is 37.1 Å². The summed E-state index contributed by atoms with van der Waals surface area (Å²) in [6.07, 6.45) is 0.226. The van der Waals surface area contributed by atoms with Gasteiger partial charge in [0.1, 0.15) is 6.61 Å². The minimum absolute atomic E-state index is 0.202. The molecular weight excluding hydrogens is 414 g/mol. The first-order chi connectivity index (χ1) is 15.5. The molecular formula is C24H29NO7. The van der Waals surface area contributed by atoms with Gasteiger partial charge in [0.2, 0.25) is 5.75 Å². The average molecular weight is 443 g/mol. The largest absolute Gasteiger partial charge is 0.493 e. The van der Waals surface area contributed by atoms with E-state index in [1.54, 1.807) is 31.3 Å². The van der Waals surface area contributed by atoms with Crippen LogP contribution in [0.1, 0.15) is 24.0 Å². The SMILES string of the molecule is COc1cc(C2(O)CC3COCC(C2)N3C(=O)OCc2ccccc2)cc(OC)c1OC. The van der Waals surface area contributed by atoms with Gasteiger partial charge in [-0.15, -0.1) is 0 Å². The van der Waals surface area contributed by atoms with Crippen LogP contribution in [0.5, 0.6) is 17.2 Å². The number of carbonyl (C=O) groups excluding carboxylic acids is 1. The number of benzene rings is 2. The molecule has 8 heteroatoms. The molecule has 0 spiro atoms. The van der Waals surface area contributed by atoms with E-state index in [0.717, 1.165) is 5.56 Å². The Hall–Kier alpha value is -2.97. The van der Waals surface area contributed by atoms with Crippen LogP contribution in [0.15, 0.2) is 42.5 Å². The number of ether oxygens (including phenoxy) is 5. The van der Waals surface area contributed by atoms with Crippen molar-refractivity contribution in [2.75, 3.05) is 34.5 Å². The summed E-state index contributed by atoms with van der Waals surface area (Å²) in [4.78, 5) is 14.6. The number of hydrogen-bond acceptors (Lipinski definition) is 7. The number of morpholine rings is 1. The van der Waals surface area contributed by atoms with Crippen LogP contribution in [0.4, 0.5) is 4.79 Å². The Kier molecular flexibility index (Phi) is 6.43. The average Bonchev–Trinajstić information content (AvgIpc) is 2.81. The molecule has 2 aromatic carbocycles. The minimum Gasteiger partial charge on any atom is -0.493 e. The zero-order chi connectivity index (χ0) is 22.7. The molecule has 2 bridgehead atoms. The van der Waals surface area contributed by atoms with E-state index in [-0.39, 0.29) is 24.8 Å². The molecule has 8 nitrogen and oxygen atoms in total. The Morgan fingerprint density at radius 2 is 1.62 bits per heavy atom. The van der Waals surface area contributed by atoms with E-state index in [4.69, 9.17) is 23.7 Å². The van der Waals surface area contributed by atoms with E-state index in [2.05, 4.69) is 0 Å². The van der Waals surface area contributed by atoms with Gasteiger partial charge in [0.05, 0.1) is 52.2 Å². The number of amides is 1. The quantitative estimate of drug-likeness (QED) is 0.734. The summed E-state index contributed by atoms with van der Waals surface area (Å²) in [7, 11) is 4.62. The van der Waals surface area contributed by atoms with E-state index in [9.17, 15) is 9.90 Å². The number of hydrogen-bond donors (Lipinski definition) is 1. The van der Waals surface area contributed by atoms with Crippen molar-refractivity contribution in [3.05, 3.63) is 53.6 Å². The lowest BCUT2D eigenvalue weighted by molar-refractivity contribution is -0.137. The molecule has 2 saturated heterocycles. The lowest BCUT2D eigenvalue weighted by Gasteiger charge is -2.51. The third-order valence-corrected chi connectivity index (χ3v) is 6.17. The lowest BCUT2D eigenvalue weighted by Crippen LogP contribution is -2.62. The highest BCUT2D eigenvalue weighted by molar-refractivity contribution is 5.69. The van der Waals surface area contributed by atoms with Crippen LogP contribution in [-0.4, -0.2) is 62.7 Å². The number of carbonyl (C=O) groups is 1. The molecule has 0 aliphatic carbocycles. The van der Waals surface area contributed by atoms with E-state index >= 15 is 0 Å². The first-order valence-corrected chi connectivity index (χ1v) is 10.6. The molecule has 4 rings (SSSR count).